The quantitative estimate of drug-likeness (QED) is 0.866. The fourth-order valence-corrected chi connectivity index (χ4v) is 4.44. The number of carbonyl (C=O) groups is 1. The predicted molar refractivity (Wildman–Crippen MR) is 86.4 cm³/mol. The van der Waals surface area contributed by atoms with Gasteiger partial charge in [0.25, 0.3) is 5.91 Å². The Morgan fingerprint density at radius 1 is 1.38 bits per heavy atom. The first-order chi connectivity index (χ1) is 11.8. The number of aromatic nitrogens is 3. The second-order valence-electron chi connectivity index (χ2n) is 7.75. The van der Waals surface area contributed by atoms with Crippen LogP contribution in [0, 0.1) is 11.3 Å². The minimum atomic E-state index is 0.0748. The van der Waals surface area contributed by atoms with Crippen molar-refractivity contribution < 1.29 is 9.21 Å². The van der Waals surface area contributed by atoms with Gasteiger partial charge in [0.1, 0.15) is 18.4 Å². The van der Waals surface area contributed by atoms with Gasteiger partial charge in [0, 0.05) is 25.6 Å². The Morgan fingerprint density at radius 2 is 2.25 bits per heavy atom. The molecule has 126 valence electrons. The van der Waals surface area contributed by atoms with E-state index < -0.39 is 0 Å². The maximum Gasteiger partial charge on any atom is 0.257 e. The van der Waals surface area contributed by atoms with Gasteiger partial charge in [-0.2, -0.15) is 0 Å². The Balaban J connectivity index is 1.43. The lowest BCUT2D eigenvalue weighted by atomic mass is 9.62. The summed E-state index contributed by atoms with van der Waals surface area (Å²) in [5, 5.41) is 8.66. The molecule has 24 heavy (non-hydrogen) atoms. The lowest BCUT2D eigenvalue weighted by molar-refractivity contribution is 0.0722. The summed E-state index contributed by atoms with van der Waals surface area (Å²) in [5.41, 5.74) is 0.845. The van der Waals surface area contributed by atoms with Gasteiger partial charge >= 0.3 is 0 Å². The molecule has 2 aromatic heterocycles. The van der Waals surface area contributed by atoms with Crippen molar-refractivity contribution in [3.8, 4) is 0 Å². The van der Waals surface area contributed by atoms with Crippen molar-refractivity contribution >= 4 is 5.91 Å². The summed E-state index contributed by atoms with van der Waals surface area (Å²) in [7, 11) is 0. The van der Waals surface area contributed by atoms with Crippen LogP contribution < -0.4 is 0 Å². The van der Waals surface area contributed by atoms with Gasteiger partial charge in [-0.3, -0.25) is 4.79 Å². The van der Waals surface area contributed by atoms with Crippen LogP contribution in [0.15, 0.2) is 29.3 Å². The molecular formula is C18H22N4O2. The van der Waals surface area contributed by atoms with E-state index in [0.29, 0.717) is 11.5 Å². The minimum Gasteiger partial charge on any atom is -0.472 e. The zero-order chi connectivity index (χ0) is 16.1. The Morgan fingerprint density at radius 3 is 2.92 bits per heavy atom. The molecule has 1 amide bonds. The molecule has 3 heterocycles. The van der Waals surface area contributed by atoms with E-state index in [1.54, 1.807) is 18.6 Å². The number of furan rings is 1. The van der Waals surface area contributed by atoms with Gasteiger partial charge in [-0.25, -0.2) is 0 Å². The van der Waals surface area contributed by atoms with Gasteiger partial charge in [0.15, 0.2) is 0 Å². The summed E-state index contributed by atoms with van der Waals surface area (Å²) < 4.78 is 7.33. The van der Waals surface area contributed by atoms with Crippen molar-refractivity contribution in [3.05, 3.63) is 36.3 Å². The highest BCUT2D eigenvalue weighted by atomic mass is 16.3. The molecule has 6 heteroatoms. The molecular weight excluding hydrogens is 304 g/mol. The summed E-state index contributed by atoms with van der Waals surface area (Å²) in [5.74, 6) is 2.26. The molecule has 3 aliphatic rings. The van der Waals surface area contributed by atoms with Crippen LogP contribution >= 0.6 is 0 Å². The topological polar surface area (TPSA) is 64.2 Å². The molecule has 2 aromatic rings. The lowest BCUT2D eigenvalue weighted by Gasteiger charge is -2.42. The van der Waals surface area contributed by atoms with Crippen molar-refractivity contribution in [2.75, 3.05) is 13.1 Å². The summed E-state index contributed by atoms with van der Waals surface area (Å²) in [6, 6.07) is 1.75. The largest absolute Gasteiger partial charge is 0.472 e. The van der Waals surface area contributed by atoms with Crippen LogP contribution in [-0.4, -0.2) is 38.7 Å². The van der Waals surface area contributed by atoms with Crippen molar-refractivity contribution in [1.82, 2.24) is 19.7 Å². The zero-order valence-electron chi connectivity index (χ0n) is 13.7. The van der Waals surface area contributed by atoms with Crippen LogP contribution in [-0.2, 0) is 6.54 Å². The van der Waals surface area contributed by atoms with E-state index in [1.165, 1.54) is 32.1 Å². The van der Waals surface area contributed by atoms with Crippen LogP contribution in [0.4, 0.5) is 0 Å². The van der Waals surface area contributed by atoms with Gasteiger partial charge in [-0.1, -0.05) is 6.42 Å². The van der Waals surface area contributed by atoms with Gasteiger partial charge < -0.3 is 13.9 Å². The molecule has 2 saturated carbocycles. The molecule has 1 spiro atoms. The van der Waals surface area contributed by atoms with Crippen LogP contribution in [0.2, 0.25) is 0 Å². The third kappa shape index (κ3) is 2.19. The SMILES string of the molecule is O=C(c1ccoc1)N1CC(c2nncn2CC2CC2)C2(CCC2)C1. The molecule has 6 nitrogen and oxygen atoms in total. The van der Waals surface area contributed by atoms with E-state index >= 15 is 0 Å². The Bertz CT molecular complexity index is 743. The van der Waals surface area contributed by atoms with Gasteiger partial charge in [0.05, 0.1) is 11.8 Å². The molecule has 0 bridgehead atoms. The third-order valence-corrected chi connectivity index (χ3v) is 6.16. The molecule has 3 fully saturated rings. The molecule has 0 N–H and O–H groups in total. The van der Waals surface area contributed by atoms with Crippen LogP contribution in [0.5, 0.6) is 0 Å². The summed E-state index contributed by atoms with van der Waals surface area (Å²) in [4.78, 5) is 14.7. The van der Waals surface area contributed by atoms with Gasteiger partial charge in [-0.15, -0.1) is 10.2 Å². The molecule has 1 unspecified atom stereocenters. The average molecular weight is 326 g/mol. The fourth-order valence-electron chi connectivity index (χ4n) is 4.44. The minimum absolute atomic E-state index is 0.0748. The highest BCUT2D eigenvalue weighted by molar-refractivity contribution is 5.94. The lowest BCUT2D eigenvalue weighted by Crippen LogP contribution is -2.38. The number of likely N-dealkylation sites (tertiary alicyclic amines) is 1. The van der Waals surface area contributed by atoms with Crippen LogP contribution in [0.25, 0.3) is 0 Å². The molecule has 2 aliphatic carbocycles. The molecule has 1 atom stereocenters. The monoisotopic (exact) mass is 326 g/mol. The van der Waals surface area contributed by atoms with Crippen molar-refractivity contribution in [2.24, 2.45) is 11.3 Å². The van der Waals surface area contributed by atoms with Gasteiger partial charge in [-0.05, 0) is 43.1 Å². The van der Waals surface area contributed by atoms with Crippen molar-refractivity contribution in [3.63, 3.8) is 0 Å². The summed E-state index contributed by atoms with van der Waals surface area (Å²) in [6.07, 6.45) is 11.2. The van der Waals surface area contributed by atoms with Crippen molar-refractivity contribution in [2.45, 2.75) is 44.6 Å². The third-order valence-electron chi connectivity index (χ3n) is 6.16. The number of hydrogen-bond acceptors (Lipinski definition) is 4. The van der Waals surface area contributed by atoms with E-state index in [1.807, 2.05) is 11.2 Å². The van der Waals surface area contributed by atoms with E-state index in [9.17, 15) is 4.79 Å². The number of carbonyl (C=O) groups excluding carboxylic acids is 1. The fraction of sp³-hybridized carbons (Fsp3) is 0.611. The molecule has 1 aliphatic heterocycles. The van der Waals surface area contributed by atoms with Crippen LogP contribution in [0.1, 0.15) is 54.2 Å². The smallest absolute Gasteiger partial charge is 0.257 e. The Hall–Kier alpha value is -2.11. The molecule has 0 aromatic carbocycles. The summed E-state index contributed by atoms with van der Waals surface area (Å²) >= 11 is 0. The highest BCUT2D eigenvalue weighted by Crippen LogP contribution is 2.55. The number of amides is 1. The Labute approximate surface area is 140 Å². The van der Waals surface area contributed by atoms with E-state index in [0.717, 1.165) is 31.4 Å². The maximum absolute atomic E-state index is 12.7. The first-order valence-electron chi connectivity index (χ1n) is 8.94. The molecule has 1 saturated heterocycles. The number of nitrogens with zero attached hydrogens (tertiary/aromatic N) is 4. The summed E-state index contributed by atoms with van der Waals surface area (Å²) in [6.45, 7) is 2.61. The van der Waals surface area contributed by atoms with E-state index in [-0.39, 0.29) is 11.3 Å². The number of hydrogen-bond donors (Lipinski definition) is 0. The van der Waals surface area contributed by atoms with E-state index in [2.05, 4.69) is 14.8 Å². The maximum atomic E-state index is 12.7. The van der Waals surface area contributed by atoms with Crippen LogP contribution in [0.3, 0.4) is 0 Å². The normalized spacial score (nSPS) is 25.2. The second-order valence-corrected chi connectivity index (χ2v) is 7.75. The Kier molecular flexibility index (Phi) is 3.08. The number of rotatable bonds is 4. The standard InChI is InChI=1S/C18H22N4O2/c23-17(14-4-7-24-10-14)21-9-15(18(11-21)5-1-6-18)16-20-19-12-22(16)8-13-2-3-13/h4,7,10,12-13,15H,1-3,5-6,8-9,11H2. The molecule has 0 radical (unpaired) electrons. The van der Waals surface area contributed by atoms with E-state index in [4.69, 9.17) is 4.42 Å². The zero-order valence-corrected chi connectivity index (χ0v) is 13.7. The predicted octanol–water partition coefficient (Wildman–Crippen LogP) is 2.69. The average Bonchev–Trinajstić information content (AvgIpc) is 3.00. The first-order valence-corrected chi connectivity index (χ1v) is 8.94. The highest BCUT2D eigenvalue weighted by Gasteiger charge is 2.53. The first kappa shape index (κ1) is 14.3. The molecule has 5 rings (SSSR count). The van der Waals surface area contributed by atoms with Gasteiger partial charge in [0.2, 0.25) is 0 Å². The second kappa shape index (κ2) is 5.19. The van der Waals surface area contributed by atoms with Crippen molar-refractivity contribution in [1.29, 1.82) is 0 Å².